The Balaban J connectivity index is 2.29. The number of nitrogens with one attached hydrogen (secondary N) is 1. The van der Waals surface area contributed by atoms with Crippen LogP contribution in [0.5, 0.6) is 0 Å². The van der Waals surface area contributed by atoms with Crippen LogP contribution in [0, 0.1) is 5.92 Å². The van der Waals surface area contributed by atoms with Gasteiger partial charge in [0, 0.05) is 6.42 Å². The molecule has 0 aromatic heterocycles. The van der Waals surface area contributed by atoms with Crippen LogP contribution < -0.4 is 5.32 Å². The number of hydrogen-bond donors (Lipinski definition) is 2. The van der Waals surface area contributed by atoms with Crippen molar-refractivity contribution >= 4 is 5.91 Å². The molecule has 118 valence electrons. The van der Waals surface area contributed by atoms with Crippen LogP contribution in [0.2, 0.25) is 0 Å². The Bertz CT molecular complexity index is 312. The molecule has 1 saturated carbocycles. The minimum absolute atomic E-state index is 0.132. The lowest BCUT2D eigenvalue weighted by Gasteiger charge is -2.38. The maximum Gasteiger partial charge on any atom is 0.411 e. The van der Waals surface area contributed by atoms with Crippen molar-refractivity contribution in [1.29, 1.82) is 0 Å². The molecule has 7 heteroatoms. The van der Waals surface area contributed by atoms with Crippen LogP contribution in [0.4, 0.5) is 13.2 Å². The van der Waals surface area contributed by atoms with Crippen molar-refractivity contribution in [3.8, 4) is 0 Å². The molecule has 0 heterocycles. The first-order chi connectivity index (χ1) is 9.26. The van der Waals surface area contributed by atoms with E-state index in [0.717, 1.165) is 12.8 Å². The Morgan fingerprint density at radius 3 is 2.50 bits per heavy atom. The minimum Gasteiger partial charge on any atom is -0.394 e. The van der Waals surface area contributed by atoms with E-state index in [2.05, 4.69) is 17.0 Å². The number of ether oxygens (including phenoxy) is 1. The monoisotopic (exact) mass is 297 g/mol. The summed E-state index contributed by atoms with van der Waals surface area (Å²) in [6.07, 6.45) is -1.27. The largest absolute Gasteiger partial charge is 0.411 e. The number of aliphatic hydroxyl groups is 1. The van der Waals surface area contributed by atoms with E-state index in [4.69, 9.17) is 0 Å². The van der Waals surface area contributed by atoms with Crippen molar-refractivity contribution in [3.05, 3.63) is 0 Å². The zero-order chi connectivity index (χ0) is 15.2. The van der Waals surface area contributed by atoms with Crippen molar-refractivity contribution in [2.75, 3.05) is 19.8 Å². The lowest BCUT2D eigenvalue weighted by atomic mass is 9.77. The van der Waals surface area contributed by atoms with Gasteiger partial charge in [0.25, 0.3) is 0 Å². The molecule has 4 nitrogen and oxygen atoms in total. The highest BCUT2D eigenvalue weighted by molar-refractivity contribution is 5.76. The van der Waals surface area contributed by atoms with Crippen molar-refractivity contribution in [2.45, 2.75) is 50.7 Å². The fourth-order valence-electron chi connectivity index (χ4n) is 2.35. The van der Waals surface area contributed by atoms with Gasteiger partial charge in [0.15, 0.2) is 0 Å². The summed E-state index contributed by atoms with van der Waals surface area (Å²) in [6, 6.07) is 0. The van der Waals surface area contributed by atoms with Gasteiger partial charge in [-0.3, -0.25) is 4.79 Å². The molecule has 0 radical (unpaired) electrons. The second-order valence-electron chi connectivity index (χ2n) is 5.59. The third kappa shape index (κ3) is 6.09. The van der Waals surface area contributed by atoms with E-state index < -0.39 is 18.3 Å². The van der Waals surface area contributed by atoms with E-state index in [0.29, 0.717) is 18.8 Å². The number of alkyl halides is 3. The zero-order valence-electron chi connectivity index (χ0n) is 11.6. The number of carbonyl (C=O) groups excluding carboxylic acids is 1. The third-order valence-corrected chi connectivity index (χ3v) is 3.68. The quantitative estimate of drug-likeness (QED) is 0.737. The second kappa shape index (κ2) is 7.26. The second-order valence-corrected chi connectivity index (χ2v) is 5.59. The molecule has 0 aromatic carbocycles. The van der Waals surface area contributed by atoms with Gasteiger partial charge in [-0.1, -0.05) is 6.92 Å². The van der Waals surface area contributed by atoms with E-state index in [1.807, 2.05) is 0 Å². The number of hydrogen-bond acceptors (Lipinski definition) is 3. The Morgan fingerprint density at radius 2 is 2.00 bits per heavy atom. The summed E-state index contributed by atoms with van der Waals surface area (Å²) in [5.41, 5.74) is -0.617. The summed E-state index contributed by atoms with van der Waals surface area (Å²) in [7, 11) is 0. The maximum atomic E-state index is 11.8. The molecule has 0 unspecified atom stereocenters. The third-order valence-electron chi connectivity index (χ3n) is 3.68. The topological polar surface area (TPSA) is 58.6 Å². The average molecular weight is 297 g/mol. The minimum atomic E-state index is -4.37. The smallest absolute Gasteiger partial charge is 0.394 e. The van der Waals surface area contributed by atoms with Crippen molar-refractivity contribution in [1.82, 2.24) is 5.32 Å². The van der Waals surface area contributed by atoms with Gasteiger partial charge in [-0.25, -0.2) is 0 Å². The van der Waals surface area contributed by atoms with Crippen LogP contribution >= 0.6 is 0 Å². The van der Waals surface area contributed by atoms with Crippen molar-refractivity contribution in [2.24, 2.45) is 5.92 Å². The van der Waals surface area contributed by atoms with E-state index in [1.54, 1.807) is 0 Å². The summed E-state index contributed by atoms with van der Waals surface area (Å²) in [5.74, 6) is 0.192. The molecule has 0 spiro atoms. The van der Waals surface area contributed by atoms with Crippen LogP contribution in [0.15, 0.2) is 0 Å². The average Bonchev–Trinajstić information content (AvgIpc) is 2.37. The normalized spacial score (nSPS) is 27.4. The van der Waals surface area contributed by atoms with Gasteiger partial charge in [0.1, 0.15) is 6.61 Å². The highest BCUT2D eigenvalue weighted by atomic mass is 19.4. The predicted octanol–water partition coefficient (Wildman–Crippen LogP) is 2.01. The summed E-state index contributed by atoms with van der Waals surface area (Å²) in [5, 5.41) is 12.2. The molecule has 1 fully saturated rings. The van der Waals surface area contributed by atoms with Crippen molar-refractivity contribution < 1.29 is 27.8 Å². The molecule has 2 N–H and O–H groups in total. The van der Waals surface area contributed by atoms with Gasteiger partial charge in [-0.2, -0.15) is 13.2 Å². The molecule has 1 aliphatic carbocycles. The molecule has 1 amide bonds. The predicted molar refractivity (Wildman–Crippen MR) is 67.1 cm³/mol. The highest BCUT2D eigenvalue weighted by Gasteiger charge is 2.35. The summed E-state index contributed by atoms with van der Waals surface area (Å²) in [4.78, 5) is 11.7. The summed E-state index contributed by atoms with van der Waals surface area (Å²) < 4.78 is 39.9. The summed E-state index contributed by atoms with van der Waals surface area (Å²) >= 11 is 0. The number of amides is 1. The molecule has 20 heavy (non-hydrogen) atoms. The Labute approximate surface area is 116 Å². The first-order valence-corrected chi connectivity index (χ1v) is 6.83. The molecular formula is C13H22F3NO3. The SMILES string of the molecule is CC1CCC(CO)(NC(=O)CCOCC(F)(F)F)CC1. The highest BCUT2D eigenvalue weighted by Crippen LogP contribution is 2.31. The molecular weight excluding hydrogens is 275 g/mol. The number of aliphatic hydroxyl groups excluding tert-OH is 1. The van der Waals surface area contributed by atoms with Gasteiger partial charge in [-0.05, 0) is 31.6 Å². The molecule has 0 saturated heterocycles. The fraction of sp³-hybridized carbons (Fsp3) is 0.923. The first kappa shape index (κ1) is 17.2. The molecule has 0 atom stereocenters. The van der Waals surface area contributed by atoms with Crippen LogP contribution in [0.3, 0.4) is 0 Å². The van der Waals surface area contributed by atoms with Crippen molar-refractivity contribution in [3.63, 3.8) is 0 Å². The van der Waals surface area contributed by atoms with Crippen LogP contribution in [0.25, 0.3) is 0 Å². The van der Waals surface area contributed by atoms with Gasteiger partial charge >= 0.3 is 6.18 Å². The lowest BCUT2D eigenvalue weighted by Crippen LogP contribution is -2.53. The van der Waals surface area contributed by atoms with E-state index in [-0.39, 0.29) is 25.5 Å². The van der Waals surface area contributed by atoms with Gasteiger partial charge in [-0.15, -0.1) is 0 Å². The lowest BCUT2D eigenvalue weighted by molar-refractivity contribution is -0.174. The van der Waals surface area contributed by atoms with Gasteiger partial charge in [0.05, 0.1) is 18.8 Å². The first-order valence-electron chi connectivity index (χ1n) is 6.83. The summed E-state index contributed by atoms with van der Waals surface area (Å²) in [6.45, 7) is 0.356. The molecule has 0 bridgehead atoms. The fourth-order valence-corrected chi connectivity index (χ4v) is 2.35. The Hall–Kier alpha value is -0.820. The number of rotatable bonds is 6. The van der Waals surface area contributed by atoms with Crippen LogP contribution in [0.1, 0.15) is 39.0 Å². The maximum absolute atomic E-state index is 11.8. The number of halogens is 3. The molecule has 1 rings (SSSR count). The van der Waals surface area contributed by atoms with E-state index in [9.17, 15) is 23.1 Å². The van der Waals surface area contributed by atoms with Gasteiger partial charge in [0.2, 0.25) is 5.91 Å². The number of carbonyl (C=O) groups is 1. The van der Waals surface area contributed by atoms with E-state index >= 15 is 0 Å². The zero-order valence-corrected chi connectivity index (χ0v) is 11.6. The standard InChI is InChI=1S/C13H22F3NO3/c1-10-2-5-12(8-18,6-3-10)17-11(19)4-7-20-9-13(14,15)16/h10,18H,2-9H2,1H3,(H,17,19). The Morgan fingerprint density at radius 1 is 1.40 bits per heavy atom. The Kier molecular flexibility index (Phi) is 6.26. The van der Waals surface area contributed by atoms with E-state index in [1.165, 1.54) is 0 Å². The van der Waals surface area contributed by atoms with Gasteiger partial charge < -0.3 is 15.2 Å². The van der Waals surface area contributed by atoms with Crippen LogP contribution in [-0.2, 0) is 9.53 Å². The van der Waals surface area contributed by atoms with Crippen LogP contribution in [-0.4, -0.2) is 42.5 Å². The molecule has 0 aliphatic heterocycles. The molecule has 0 aromatic rings. The molecule has 1 aliphatic rings.